The predicted octanol–water partition coefficient (Wildman–Crippen LogP) is 1.68. The van der Waals surface area contributed by atoms with E-state index in [1.165, 1.54) is 6.07 Å². The van der Waals surface area contributed by atoms with E-state index in [0.717, 1.165) is 12.1 Å². The van der Waals surface area contributed by atoms with Gasteiger partial charge in [-0.15, -0.1) is 0 Å². The third-order valence-corrected chi connectivity index (χ3v) is 2.83. The molecule has 1 aromatic carbocycles. The van der Waals surface area contributed by atoms with Crippen molar-refractivity contribution in [2.24, 2.45) is 0 Å². The van der Waals surface area contributed by atoms with E-state index >= 15 is 0 Å². The van der Waals surface area contributed by atoms with Gasteiger partial charge >= 0.3 is 0 Å². The minimum atomic E-state index is -0.722. The molecule has 5 nitrogen and oxygen atoms in total. The number of nitrogens with one attached hydrogen (secondary N) is 1. The Morgan fingerprint density at radius 2 is 2.21 bits per heavy atom. The minimum absolute atomic E-state index is 0.0971. The number of hydrogen-bond acceptors (Lipinski definition) is 5. The zero-order valence-electron chi connectivity index (χ0n) is 9.90. The number of nitrogens with zero attached hydrogens (tertiary/aromatic N) is 2. The second kappa shape index (κ2) is 5.02. The molecule has 0 bridgehead atoms. The molecule has 1 fully saturated rings. The first-order valence-corrected chi connectivity index (χ1v) is 5.84. The lowest BCUT2D eigenvalue weighted by atomic mass is 10.2. The normalized spacial score (nSPS) is 19.6. The van der Waals surface area contributed by atoms with E-state index < -0.39 is 11.6 Å². The first-order valence-electron chi connectivity index (χ1n) is 5.84. The zero-order valence-corrected chi connectivity index (χ0v) is 9.90. The van der Waals surface area contributed by atoms with Gasteiger partial charge in [0.05, 0.1) is 18.8 Å². The fraction of sp³-hybridized carbons (Fsp3) is 0.333. The van der Waals surface area contributed by atoms with Gasteiger partial charge in [-0.2, -0.15) is 4.98 Å². The van der Waals surface area contributed by atoms with Crippen LogP contribution in [0.1, 0.15) is 11.9 Å². The monoisotopic (exact) mass is 267 g/mol. The molecular weight excluding hydrogens is 256 g/mol. The molecule has 1 N–H and O–H groups in total. The lowest BCUT2D eigenvalue weighted by Gasteiger charge is -2.20. The van der Waals surface area contributed by atoms with Crippen molar-refractivity contribution in [2.75, 3.05) is 19.8 Å². The van der Waals surface area contributed by atoms with E-state index in [4.69, 9.17) is 9.26 Å². The summed E-state index contributed by atoms with van der Waals surface area (Å²) in [6, 6.07) is 3.02. The smallest absolute Gasteiger partial charge is 0.246 e. The quantitative estimate of drug-likeness (QED) is 0.897. The lowest BCUT2D eigenvalue weighted by molar-refractivity contribution is 0.0659. The van der Waals surface area contributed by atoms with Crippen LogP contribution in [0.3, 0.4) is 0 Å². The van der Waals surface area contributed by atoms with Crippen LogP contribution in [-0.2, 0) is 4.74 Å². The Morgan fingerprint density at radius 3 is 2.95 bits per heavy atom. The average molecular weight is 267 g/mol. The van der Waals surface area contributed by atoms with E-state index in [0.29, 0.717) is 25.6 Å². The maximum Gasteiger partial charge on any atom is 0.246 e. The van der Waals surface area contributed by atoms with E-state index in [1.807, 2.05) is 0 Å². The van der Waals surface area contributed by atoms with Crippen LogP contribution in [0, 0.1) is 11.6 Å². The predicted molar refractivity (Wildman–Crippen MR) is 61.2 cm³/mol. The van der Waals surface area contributed by atoms with Gasteiger partial charge in [-0.1, -0.05) is 5.16 Å². The Morgan fingerprint density at radius 1 is 1.32 bits per heavy atom. The SMILES string of the molecule is Fc1ccc(-c2noc(C3COCCN3)n2)c(F)c1. The van der Waals surface area contributed by atoms with Gasteiger partial charge in [0.1, 0.15) is 17.7 Å². The summed E-state index contributed by atoms with van der Waals surface area (Å²) < 4.78 is 36.8. The fourth-order valence-corrected chi connectivity index (χ4v) is 1.88. The maximum atomic E-state index is 13.6. The highest BCUT2D eigenvalue weighted by molar-refractivity contribution is 5.55. The first kappa shape index (κ1) is 12.2. The second-order valence-corrected chi connectivity index (χ2v) is 4.16. The summed E-state index contributed by atoms with van der Waals surface area (Å²) in [6.45, 7) is 1.74. The molecule has 19 heavy (non-hydrogen) atoms. The third-order valence-electron chi connectivity index (χ3n) is 2.83. The molecule has 1 unspecified atom stereocenters. The van der Waals surface area contributed by atoms with Crippen molar-refractivity contribution in [1.82, 2.24) is 15.5 Å². The van der Waals surface area contributed by atoms with Crippen LogP contribution >= 0.6 is 0 Å². The van der Waals surface area contributed by atoms with E-state index in [9.17, 15) is 8.78 Å². The molecule has 2 heterocycles. The minimum Gasteiger partial charge on any atom is -0.378 e. The Bertz CT molecular complexity index is 582. The molecule has 2 aromatic rings. The molecule has 0 radical (unpaired) electrons. The number of aromatic nitrogens is 2. The number of morpholine rings is 1. The maximum absolute atomic E-state index is 13.6. The summed E-state index contributed by atoms with van der Waals surface area (Å²) in [5.41, 5.74) is 0.105. The van der Waals surface area contributed by atoms with E-state index in [2.05, 4.69) is 15.5 Å². The summed E-state index contributed by atoms with van der Waals surface area (Å²) >= 11 is 0. The number of rotatable bonds is 2. The van der Waals surface area contributed by atoms with Crippen LogP contribution in [0.25, 0.3) is 11.4 Å². The van der Waals surface area contributed by atoms with Gasteiger partial charge in [0.2, 0.25) is 11.7 Å². The van der Waals surface area contributed by atoms with Crippen LogP contribution in [0.15, 0.2) is 22.7 Å². The average Bonchev–Trinajstić information content (AvgIpc) is 2.89. The van der Waals surface area contributed by atoms with Gasteiger partial charge in [-0.25, -0.2) is 8.78 Å². The number of halogens is 2. The van der Waals surface area contributed by atoms with Crippen molar-refractivity contribution in [1.29, 1.82) is 0 Å². The topological polar surface area (TPSA) is 60.2 Å². The summed E-state index contributed by atoms with van der Waals surface area (Å²) in [7, 11) is 0. The standard InChI is InChI=1S/C12H11F2N3O2/c13-7-1-2-8(9(14)5-7)11-16-12(19-17-11)10-6-18-4-3-15-10/h1-2,5,10,15H,3-4,6H2. The van der Waals surface area contributed by atoms with Gasteiger partial charge < -0.3 is 14.6 Å². The molecule has 100 valence electrons. The first-order chi connectivity index (χ1) is 9.24. The molecule has 1 aliphatic heterocycles. The van der Waals surface area contributed by atoms with Gasteiger partial charge in [-0.3, -0.25) is 0 Å². The van der Waals surface area contributed by atoms with Gasteiger partial charge in [0, 0.05) is 12.6 Å². The van der Waals surface area contributed by atoms with Crippen LogP contribution in [0.5, 0.6) is 0 Å². The van der Waals surface area contributed by atoms with Crippen molar-refractivity contribution in [3.63, 3.8) is 0 Å². The Hall–Kier alpha value is -1.86. The molecule has 1 saturated heterocycles. The second-order valence-electron chi connectivity index (χ2n) is 4.16. The largest absolute Gasteiger partial charge is 0.378 e. The molecule has 0 spiro atoms. The lowest BCUT2D eigenvalue weighted by Crippen LogP contribution is -2.34. The van der Waals surface area contributed by atoms with Gasteiger partial charge in [-0.05, 0) is 12.1 Å². The molecule has 0 amide bonds. The third kappa shape index (κ3) is 2.47. The highest BCUT2D eigenvalue weighted by Gasteiger charge is 2.22. The molecule has 1 aromatic heterocycles. The molecule has 1 atom stereocenters. The van der Waals surface area contributed by atoms with Crippen molar-refractivity contribution in [2.45, 2.75) is 6.04 Å². The highest BCUT2D eigenvalue weighted by Crippen LogP contribution is 2.23. The fourth-order valence-electron chi connectivity index (χ4n) is 1.88. The van der Waals surface area contributed by atoms with Crippen molar-refractivity contribution in [3.05, 3.63) is 35.7 Å². The molecular formula is C12H11F2N3O2. The molecule has 0 saturated carbocycles. The summed E-state index contributed by atoms with van der Waals surface area (Å²) in [4.78, 5) is 4.11. The van der Waals surface area contributed by atoms with Gasteiger partial charge in [0.15, 0.2) is 0 Å². The molecule has 0 aliphatic carbocycles. The Kier molecular flexibility index (Phi) is 3.22. The van der Waals surface area contributed by atoms with Crippen LogP contribution in [0.2, 0.25) is 0 Å². The van der Waals surface area contributed by atoms with E-state index in [1.54, 1.807) is 0 Å². The summed E-state index contributed by atoms with van der Waals surface area (Å²) in [5, 5.41) is 6.86. The molecule has 7 heteroatoms. The molecule has 1 aliphatic rings. The Labute approximate surface area is 107 Å². The van der Waals surface area contributed by atoms with Crippen LogP contribution in [-0.4, -0.2) is 29.9 Å². The van der Waals surface area contributed by atoms with Crippen LogP contribution < -0.4 is 5.32 Å². The van der Waals surface area contributed by atoms with E-state index in [-0.39, 0.29) is 17.4 Å². The summed E-state index contributed by atoms with van der Waals surface area (Å²) in [6.07, 6.45) is 0. The zero-order chi connectivity index (χ0) is 13.2. The number of hydrogen-bond donors (Lipinski definition) is 1. The number of benzene rings is 1. The highest BCUT2D eigenvalue weighted by atomic mass is 19.1. The number of ether oxygens (including phenoxy) is 1. The van der Waals surface area contributed by atoms with Crippen molar-refractivity contribution in [3.8, 4) is 11.4 Å². The van der Waals surface area contributed by atoms with Crippen molar-refractivity contribution >= 4 is 0 Å². The summed E-state index contributed by atoms with van der Waals surface area (Å²) in [5.74, 6) is -0.939. The Balaban J connectivity index is 1.87. The molecule has 3 rings (SSSR count). The van der Waals surface area contributed by atoms with Crippen molar-refractivity contribution < 1.29 is 18.0 Å². The van der Waals surface area contributed by atoms with Crippen LogP contribution in [0.4, 0.5) is 8.78 Å². The van der Waals surface area contributed by atoms with Gasteiger partial charge in [0.25, 0.3) is 0 Å².